The molecule has 0 bridgehead atoms. The van der Waals surface area contributed by atoms with Gasteiger partial charge in [0.15, 0.2) is 0 Å². The predicted octanol–water partition coefficient (Wildman–Crippen LogP) is 3.01. The number of amides is 4. The number of aryl methyl sites for hydroxylation is 2. The highest BCUT2D eigenvalue weighted by molar-refractivity contribution is 6.38. The summed E-state index contributed by atoms with van der Waals surface area (Å²) in [6, 6.07) is 0.900. The standard InChI is InChI=1S/C38H55N5O8/c1-8-9-27(31(45)35(47)39-26-10-11-26)40-34(46)29-20-38(19-28(42-51-38)25-16-22(2)32(49-7)23(3)17-25)21-43(29)36(48)33(37(4,5)6)41-30(44)18-24-12-14-50-15-13-24/h16-17,19,24,26-27,29,33,42H,8-15,18,20-21H2,1-7H3,(H,39,47)(H,40,46)(H,41,44)/t27-,29-,33+,38+/m0/s1. The Morgan fingerprint density at radius 1 is 1.04 bits per heavy atom. The number of nitrogens with zero attached hydrogens (tertiary/aromatic N) is 1. The topological polar surface area (TPSA) is 164 Å². The number of benzene rings is 1. The van der Waals surface area contributed by atoms with Gasteiger partial charge in [-0.05, 0) is 86.6 Å². The zero-order valence-corrected chi connectivity index (χ0v) is 31.1. The van der Waals surface area contributed by atoms with Gasteiger partial charge in [-0.3, -0.25) is 34.3 Å². The molecule has 0 aromatic heterocycles. The van der Waals surface area contributed by atoms with Crippen LogP contribution in [-0.2, 0) is 33.5 Å². The molecule has 4 aliphatic rings. The van der Waals surface area contributed by atoms with Crippen molar-refractivity contribution in [2.75, 3.05) is 26.9 Å². The number of hydroxylamine groups is 1. The van der Waals surface area contributed by atoms with Gasteiger partial charge < -0.3 is 30.3 Å². The maximum atomic E-state index is 14.6. The molecular weight excluding hydrogens is 654 g/mol. The van der Waals surface area contributed by atoms with E-state index in [0.717, 1.165) is 48.1 Å². The van der Waals surface area contributed by atoms with Crippen molar-refractivity contribution in [3.05, 3.63) is 34.9 Å². The van der Waals surface area contributed by atoms with Crippen molar-refractivity contribution in [3.63, 3.8) is 0 Å². The van der Waals surface area contributed by atoms with Crippen LogP contribution in [0.5, 0.6) is 5.75 Å². The average Bonchev–Trinajstić information content (AvgIpc) is 3.67. The number of hydrogen-bond donors (Lipinski definition) is 4. The van der Waals surface area contributed by atoms with Gasteiger partial charge in [-0.2, -0.15) is 0 Å². The molecule has 0 radical (unpaired) electrons. The molecular formula is C38H55N5O8. The van der Waals surface area contributed by atoms with E-state index in [1.54, 1.807) is 7.11 Å². The van der Waals surface area contributed by atoms with Crippen molar-refractivity contribution in [1.82, 2.24) is 26.3 Å². The normalized spacial score (nSPS) is 23.2. The Balaban J connectivity index is 1.43. The minimum Gasteiger partial charge on any atom is -0.496 e. The number of Topliss-reactive ketones (excluding diaryl/α,β-unsaturated/α-hetero) is 1. The van der Waals surface area contributed by atoms with E-state index in [0.29, 0.717) is 25.3 Å². The second-order valence-electron chi connectivity index (χ2n) is 15.7. The smallest absolute Gasteiger partial charge is 0.289 e. The van der Waals surface area contributed by atoms with E-state index in [2.05, 4.69) is 21.4 Å². The van der Waals surface area contributed by atoms with Crippen LogP contribution in [0.4, 0.5) is 0 Å². The second kappa shape index (κ2) is 15.7. The number of hydrogen-bond acceptors (Lipinski definition) is 9. The van der Waals surface area contributed by atoms with Crippen LogP contribution < -0.4 is 26.2 Å². The van der Waals surface area contributed by atoms with Gasteiger partial charge >= 0.3 is 0 Å². The molecule has 3 fully saturated rings. The Kier molecular flexibility index (Phi) is 11.8. The quantitative estimate of drug-likeness (QED) is 0.226. The van der Waals surface area contributed by atoms with Crippen LogP contribution in [0.15, 0.2) is 18.2 Å². The first-order valence-corrected chi connectivity index (χ1v) is 18.3. The average molecular weight is 710 g/mol. The van der Waals surface area contributed by atoms with Crippen LogP contribution in [0.25, 0.3) is 5.70 Å². The molecule has 1 aliphatic carbocycles. The first kappa shape index (κ1) is 38.3. The number of methoxy groups -OCH3 is 1. The summed E-state index contributed by atoms with van der Waals surface area (Å²) in [5.74, 6) is -1.68. The number of nitrogens with one attached hydrogen (secondary N) is 4. The monoisotopic (exact) mass is 709 g/mol. The number of rotatable bonds is 13. The molecule has 51 heavy (non-hydrogen) atoms. The largest absolute Gasteiger partial charge is 0.496 e. The number of likely N-dealkylation sites (tertiary alicyclic amines) is 1. The highest BCUT2D eigenvalue weighted by Crippen LogP contribution is 2.40. The van der Waals surface area contributed by atoms with Crippen molar-refractivity contribution in [1.29, 1.82) is 0 Å². The lowest BCUT2D eigenvalue weighted by atomic mass is 9.85. The second-order valence-corrected chi connectivity index (χ2v) is 15.7. The van der Waals surface area contributed by atoms with Crippen LogP contribution in [0.1, 0.15) is 95.8 Å². The fourth-order valence-corrected chi connectivity index (χ4v) is 7.31. The zero-order chi connectivity index (χ0) is 37.1. The fraction of sp³-hybridized carbons (Fsp3) is 0.658. The highest BCUT2D eigenvalue weighted by atomic mass is 16.7. The Bertz CT molecular complexity index is 1520. The summed E-state index contributed by atoms with van der Waals surface area (Å²) in [6.45, 7) is 12.6. The third-order valence-corrected chi connectivity index (χ3v) is 10.3. The van der Waals surface area contributed by atoms with E-state index >= 15 is 0 Å². The first-order chi connectivity index (χ1) is 24.1. The molecule has 1 aromatic rings. The molecule has 13 heteroatoms. The van der Waals surface area contributed by atoms with Gasteiger partial charge in [0.25, 0.3) is 5.91 Å². The van der Waals surface area contributed by atoms with E-state index in [-0.39, 0.29) is 43.7 Å². The summed E-state index contributed by atoms with van der Waals surface area (Å²) in [6.07, 6.45) is 6.28. The van der Waals surface area contributed by atoms with Crippen molar-refractivity contribution in [2.24, 2.45) is 11.3 Å². The van der Waals surface area contributed by atoms with Crippen LogP contribution >= 0.6 is 0 Å². The molecule has 3 heterocycles. The highest BCUT2D eigenvalue weighted by Gasteiger charge is 2.54. The van der Waals surface area contributed by atoms with Gasteiger partial charge in [0.05, 0.1) is 25.4 Å². The van der Waals surface area contributed by atoms with Gasteiger partial charge in [0, 0.05) is 37.7 Å². The van der Waals surface area contributed by atoms with E-state index in [1.165, 1.54) is 4.90 Å². The molecule has 4 atom stereocenters. The summed E-state index contributed by atoms with van der Waals surface area (Å²) in [5, 5.41) is 8.54. The maximum absolute atomic E-state index is 14.6. The van der Waals surface area contributed by atoms with E-state index in [1.807, 2.05) is 59.8 Å². The summed E-state index contributed by atoms with van der Waals surface area (Å²) < 4.78 is 11.0. The number of carbonyl (C=O) groups excluding carboxylic acids is 5. The summed E-state index contributed by atoms with van der Waals surface area (Å²) >= 11 is 0. The lowest BCUT2D eigenvalue weighted by Gasteiger charge is -2.36. The number of ether oxygens (including phenoxy) is 2. The predicted molar refractivity (Wildman–Crippen MR) is 190 cm³/mol. The molecule has 13 nitrogen and oxygen atoms in total. The lowest BCUT2D eigenvalue weighted by molar-refractivity contribution is -0.145. The van der Waals surface area contributed by atoms with Crippen molar-refractivity contribution < 1.29 is 38.3 Å². The van der Waals surface area contributed by atoms with Crippen LogP contribution in [-0.4, -0.2) is 90.9 Å². The summed E-state index contributed by atoms with van der Waals surface area (Å²) in [5.41, 5.74) is 4.68. The van der Waals surface area contributed by atoms with Gasteiger partial charge in [0.1, 0.15) is 23.4 Å². The zero-order valence-electron chi connectivity index (χ0n) is 31.1. The number of ketones is 1. The first-order valence-electron chi connectivity index (χ1n) is 18.3. The molecule has 0 unspecified atom stereocenters. The minimum atomic E-state index is -1.09. The van der Waals surface area contributed by atoms with Gasteiger partial charge in [-0.25, -0.2) is 0 Å². The Labute approximate surface area is 300 Å². The fourth-order valence-electron chi connectivity index (χ4n) is 7.31. The van der Waals surface area contributed by atoms with Crippen molar-refractivity contribution in [3.8, 4) is 5.75 Å². The maximum Gasteiger partial charge on any atom is 0.289 e. The molecule has 1 saturated carbocycles. The molecule has 2 saturated heterocycles. The van der Waals surface area contributed by atoms with Gasteiger partial charge in [-0.1, -0.05) is 34.1 Å². The Morgan fingerprint density at radius 2 is 1.71 bits per heavy atom. The molecule has 4 N–H and O–H groups in total. The van der Waals surface area contributed by atoms with Gasteiger partial charge in [-0.15, -0.1) is 0 Å². The molecule has 280 valence electrons. The lowest BCUT2D eigenvalue weighted by Crippen LogP contribution is -2.59. The number of carbonyl (C=O) groups is 5. The SMILES string of the molecule is CCC[C@H](NC(=O)[C@@H]1C[C@]2(C=C(c3cc(C)c(OC)c(C)c3)NO2)CN1C(=O)[C@@H](NC(=O)CC1CCOCC1)C(C)(C)C)C(=O)C(=O)NC1CC1. The molecule has 1 spiro atoms. The Hall–Kier alpha value is -3.97. The Morgan fingerprint density at radius 3 is 2.29 bits per heavy atom. The van der Waals surface area contributed by atoms with E-state index < -0.39 is 52.6 Å². The van der Waals surface area contributed by atoms with Crippen LogP contribution in [0.2, 0.25) is 0 Å². The van der Waals surface area contributed by atoms with Crippen LogP contribution in [0, 0.1) is 25.2 Å². The van der Waals surface area contributed by atoms with E-state index in [4.69, 9.17) is 14.3 Å². The summed E-state index contributed by atoms with van der Waals surface area (Å²) in [7, 11) is 1.63. The van der Waals surface area contributed by atoms with Crippen molar-refractivity contribution >= 4 is 35.1 Å². The third-order valence-electron chi connectivity index (χ3n) is 10.3. The molecule has 4 amide bonds. The van der Waals surface area contributed by atoms with Crippen molar-refractivity contribution in [2.45, 2.75) is 123 Å². The van der Waals surface area contributed by atoms with Crippen LogP contribution in [0.3, 0.4) is 0 Å². The van der Waals surface area contributed by atoms with Gasteiger partial charge in [0.2, 0.25) is 23.5 Å². The molecule has 5 rings (SSSR count). The third kappa shape index (κ3) is 9.10. The molecule has 1 aromatic carbocycles. The summed E-state index contributed by atoms with van der Waals surface area (Å²) in [4.78, 5) is 75.8. The van der Waals surface area contributed by atoms with E-state index in [9.17, 15) is 24.0 Å². The minimum absolute atomic E-state index is 0.00973. The molecule has 3 aliphatic heterocycles.